The van der Waals surface area contributed by atoms with Crippen LogP contribution in [-0.4, -0.2) is 99.5 Å². The molecule has 2 amide bonds. The van der Waals surface area contributed by atoms with Crippen molar-refractivity contribution in [2.45, 2.75) is 66.0 Å². The van der Waals surface area contributed by atoms with E-state index in [0.717, 1.165) is 50.4 Å². The molecule has 0 aliphatic rings. The first-order chi connectivity index (χ1) is 29.5. The summed E-state index contributed by atoms with van der Waals surface area (Å²) in [6.07, 6.45) is -8.89. The van der Waals surface area contributed by atoms with Crippen molar-refractivity contribution < 1.29 is 76.3 Å². The molecule has 0 aliphatic heterocycles. The Morgan fingerprint density at radius 3 is 1.11 bits per heavy atom. The number of esters is 6. The molecule has 2 aromatic heterocycles. The minimum absolute atomic E-state index is 0.0338. The number of benzene rings is 2. The van der Waals surface area contributed by atoms with Gasteiger partial charge in [0.25, 0.3) is 11.8 Å². The van der Waals surface area contributed by atoms with Crippen LogP contribution in [0.25, 0.3) is 22.3 Å². The summed E-state index contributed by atoms with van der Waals surface area (Å²) in [6, 6.07) is 13.3. The van der Waals surface area contributed by atoms with Crippen LogP contribution in [0, 0.1) is 0 Å². The number of anilines is 2. The maximum atomic E-state index is 14.3. The lowest BCUT2D eigenvalue weighted by atomic mass is 9.99. The average Bonchev–Trinajstić information content (AvgIpc) is 3.84. The highest BCUT2D eigenvalue weighted by Gasteiger charge is 2.49. The molecule has 2 aromatic carbocycles. The zero-order valence-electron chi connectivity index (χ0n) is 34.8. The Bertz CT molecular complexity index is 2120. The van der Waals surface area contributed by atoms with E-state index in [2.05, 4.69) is 10.6 Å². The van der Waals surface area contributed by atoms with Gasteiger partial charge in [0, 0.05) is 49.6 Å². The van der Waals surface area contributed by atoms with Gasteiger partial charge in [-0.25, -0.2) is 9.59 Å². The SMILES string of the molecule is CCOC(=O)c1c(-c2ccc(OC)cc2)csc1NC(=O)C(OC(C)=O)C(OC(C)=O)C(OC(C)=O)C(OC(C)=O)C(=O)Nc1scc(-c2ccc(OC)cc2)c1C(=O)OCC. The number of nitrogens with one attached hydrogen (secondary N) is 2. The van der Waals surface area contributed by atoms with Crippen LogP contribution in [0.2, 0.25) is 0 Å². The molecule has 4 unspecified atom stereocenters. The Balaban J connectivity index is 1.82. The highest BCUT2D eigenvalue weighted by Crippen LogP contribution is 2.39. The highest BCUT2D eigenvalue weighted by atomic mass is 32.1. The van der Waals surface area contributed by atoms with Crippen LogP contribution < -0.4 is 20.1 Å². The predicted molar refractivity (Wildman–Crippen MR) is 224 cm³/mol. The molecule has 330 valence electrons. The Kier molecular flexibility index (Phi) is 17.1. The van der Waals surface area contributed by atoms with E-state index in [-0.39, 0.29) is 34.3 Å². The molecule has 62 heavy (non-hydrogen) atoms. The molecular weight excluding hydrogens is 853 g/mol. The van der Waals surface area contributed by atoms with Crippen LogP contribution in [0.3, 0.4) is 0 Å². The minimum atomic E-state index is -2.24. The maximum absolute atomic E-state index is 14.3. The zero-order valence-corrected chi connectivity index (χ0v) is 36.5. The second kappa shape index (κ2) is 22.2. The normalized spacial score (nSPS) is 12.6. The van der Waals surface area contributed by atoms with Gasteiger partial charge >= 0.3 is 35.8 Å². The summed E-state index contributed by atoms with van der Waals surface area (Å²) in [7, 11) is 2.97. The van der Waals surface area contributed by atoms with E-state index in [1.807, 2.05) is 0 Å². The summed E-state index contributed by atoms with van der Waals surface area (Å²) < 4.78 is 42.8. The number of hydrogen-bond acceptors (Lipinski definition) is 18. The standard InChI is InChI=1S/C42H44N2O16S2/c1-9-55-41(51)31-29(25-11-15-27(53-7)16-12-25)19-61-39(31)43-37(49)35(59-23(5)47)33(57-21(3)45)34(58-22(4)46)36(60-24(6)48)38(50)44-40-32(42(52)56-10-2)30(20-62-40)26-13-17-28(54-8)18-14-26/h11-20,33-36H,9-10H2,1-8H3,(H,43,49)(H,44,50). The smallest absolute Gasteiger partial charge is 0.341 e. The second-order valence-electron chi connectivity index (χ2n) is 12.8. The Morgan fingerprint density at radius 1 is 0.516 bits per heavy atom. The molecule has 0 saturated carbocycles. The van der Waals surface area contributed by atoms with Gasteiger partial charge in [-0.15, -0.1) is 22.7 Å². The fourth-order valence-electron chi connectivity index (χ4n) is 5.93. The first-order valence-electron chi connectivity index (χ1n) is 18.7. The molecule has 4 atom stereocenters. The lowest BCUT2D eigenvalue weighted by Crippen LogP contribution is -2.57. The van der Waals surface area contributed by atoms with Crippen molar-refractivity contribution in [2.24, 2.45) is 0 Å². The number of thiophene rings is 2. The minimum Gasteiger partial charge on any atom is -0.497 e. The van der Waals surface area contributed by atoms with Gasteiger partial charge in [0.15, 0.2) is 12.2 Å². The predicted octanol–water partition coefficient (Wildman–Crippen LogP) is 5.82. The van der Waals surface area contributed by atoms with Crippen molar-refractivity contribution >= 4 is 80.3 Å². The van der Waals surface area contributed by atoms with Crippen LogP contribution in [0.1, 0.15) is 62.3 Å². The zero-order chi connectivity index (χ0) is 45.7. The van der Waals surface area contributed by atoms with Gasteiger partial charge in [-0.2, -0.15) is 0 Å². The van der Waals surface area contributed by atoms with Gasteiger partial charge in [-0.3, -0.25) is 28.8 Å². The Morgan fingerprint density at radius 2 is 0.839 bits per heavy atom. The van der Waals surface area contributed by atoms with Gasteiger partial charge in [0.05, 0.1) is 27.4 Å². The molecule has 4 rings (SSSR count). The van der Waals surface area contributed by atoms with Crippen molar-refractivity contribution in [2.75, 3.05) is 38.1 Å². The average molecular weight is 897 g/mol. The third kappa shape index (κ3) is 12.2. The Hall–Kier alpha value is -6.80. The van der Waals surface area contributed by atoms with E-state index < -0.39 is 72.0 Å². The summed E-state index contributed by atoms with van der Waals surface area (Å²) in [6.45, 7) is 6.77. The van der Waals surface area contributed by atoms with Gasteiger partial charge in [0.2, 0.25) is 12.2 Å². The van der Waals surface area contributed by atoms with Crippen molar-refractivity contribution in [3.8, 4) is 33.8 Å². The molecule has 0 saturated heterocycles. The van der Waals surface area contributed by atoms with Crippen LogP contribution in [0.4, 0.5) is 10.0 Å². The van der Waals surface area contributed by atoms with Gasteiger partial charge in [-0.05, 0) is 49.2 Å². The van der Waals surface area contributed by atoms with E-state index in [1.54, 1.807) is 73.1 Å². The summed E-state index contributed by atoms with van der Waals surface area (Å²) >= 11 is 1.80. The van der Waals surface area contributed by atoms with E-state index in [9.17, 15) is 38.4 Å². The second-order valence-corrected chi connectivity index (χ2v) is 14.6. The van der Waals surface area contributed by atoms with Crippen LogP contribution in [0.15, 0.2) is 59.3 Å². The van der Waals surface area contributed by atoms with E-state index in [1.165, 1.54) is 14.2 Å². The quantitative estimate of drug-likeness (QED) is 0.0834. The first kappa shape index (κ1) is 47.9. The van der Waals surface area contributed by atoms with Crippen molar-refractivity contribution in [1.29, 1.82) is 0 Å². The maximum Gasteiger partial charge on any atom is 0.341 e. The fourth-order valence-corrected chi connectivity index (χ4v) is 7.85. The van der Waals surface area contributed by atoms with Crippen molar-refractivity contribution in [3.05, 3.63) is 70.4 Å². The summed E-state index contributed by atoms with van der Waals surface area (Å²) in [5, 5.41) is 7.97. The first-order valence-corrected chi connectivity index (χ1v) is 20.5. The van der Waals surface area contributed by atoms with E-state index >= 15 is 0 Å². The van der Waals surface area contributed by atoms with E-state index in [4.69, 9.17) is 37.9 Å². The highest BCUT2D eigenvalue weighted by molar-refractivity contribution is 7.15. The number of carbonyl (C=O) groups excluding carboxylic acids is 8. The van der Waals surface area contributed by atoms with Crippen molar-refractivity contribution in [1.82, 2.24) is 0 Å². The third-order valence-corrected chi connectivity index (χ3v) is 10.2. The molecule has 0 bridgehead atoms. The number of amides is 2. The lowest BCUT2D eigenvalue weighted by Gasteiger charge is -2.34. The summed E-state index contributed by atoms with van der Waals surface area (Å²) in [5.41, 5.74) is 1.61. The largest absolute Gasteiger partial charge is 0.497 e. The van der Waals surface area contributed by atoms with E-state index in [0.29, 0.717) is 33.8 Å². The molecular formula is C42H44N2O16S2. The molecule has 0 fully saturated rings. The van der Waals surface area contributed by atoms with Gasteiger partial charge < -0.3 is 48.5 Å². The monoisotopic (exact) mass is 896 g/mol. The molecule has 2 heterocycles. The molecule has 18 nitrogen and oxygen atoms in total. The summed E-state index contributed by atoms with van der Waals surface area (Å²) in [4.78, 5) is 106. The molecule has 20 heteroatoms. The Labute approximate surface area is 363 Å². The molecule has 2 N–H and O–H groups in total. The van der Waals surface area contributed by atoms with Crippen molar-refractivity contribution in [3.63, 3.8) is 0 Å². The number of hydrogen-bond donors (Lipinski definition) is 2. The number of ether oxygens (including phenoxy) is 8. The summed E-state index contributed by atoms with van der Waals surface area (Å²) in [5.74, 6) is -7.48. The molecule has 0 spiro atoms. The van der Waals surface area contributed by atoms with Gasteiger partial charge in [0.1, 0.15) is 32.6 Å². The third-order valence-electron chi connectivity index (χ3n) is 8.44. The topological polar surface area (TPSA) is 234 Å². The molecule has 4 aromatic rings. The number of rotatable bonds is 19. The lowest BCUT2D eigenvalue weighted by molar-refractivity contribution is -0.198. The number of carbonyl (C=O) groups is 8. The number of methoxy groups -OCH3 is 2. The van der Waals surface area contributed by atoms with Crippen LogP contribution >= 0.6 is 22.7 Å². The molecule has 0 radical (unpaired) electrons. The van der Waals surface area contributed by atoms with Gasteiger partial charge in [-0.1, -0.05) is 24.3 Å². The van der Waals surface area contributed by atoms with Crippen LogP contribution in [0.5, 0.6) is 11.5 Å². The fraction of sp³-hybridized carbons (Fsp3) is 0.333. The van der Waals surface area contributed by atoms with Crippen LogP contribution in [-0.2, 0) is 57.2 Å². The molecule has 0 aliphatic carbocycles.